The van der Waals surface area contributed by atoms with E-state index in [0.29, 0.717) is 31.0 Å². The van der Waals surface area contributed by atoms with Crippen molar-refractivity contribution in [3.05, 3.63) is 0 Å². The largest absolute Gasteiger partial charge is 0.337 e. The number of nitriles is 1. The molecule has 2 saturated carbocycles. The van der Waals surface area contributed by atoms with E-state index in [9.17, 15) is 4.79 Å². The third-order valence-corrected chi connectivity index (χ3v) is 4.90. The minimum atomic E-state index is 0.0207. The van der Waals surface area contributed by atoms with Crippen LogP contribution in [0.1, 0.15) is 51.4 Å². The molecule has 4 nitrogen and oxygen atoms in total. The fourth-order valence-electron chi connectivity index (χ4n) is 3.74. The summed E-state index contributed by atoms with van der Waals surface area (Å²) >= 11 is 0. The van der Waals surface area contributed by atoms with E-state index < -0.39 is 0 Å². The Kier molecular flexibility index (Phi) is 3.74. The molecular weight excluding hydrogens is 238 g/mol. The molecule has 0 aromatic carbocycles. The van der Waals surface area contributed by atoms with Gasteiger partial charge < -0.3 is 10.2 Å². The molecule has 3 aliphatic rings. The van der Waals surface area contributed by atoms with Crippen LogP contribution in [-0.2, 0) is 4.79 Å². The topological polar surface area (TPSA) is 56.1 Å². The van der Waals surface area contributed by atoms with Crippen LogP contribution in [0.5, 0.6) is 0 Å². The van der Waals surface area contributed by atoms with Gasteiger partial charge in [0.15, 0.2) is 0 Å². The van der Waals surface area contributed by atoms with E-state index in [4.69, 9.17) is 5.26 Å². The maximum atomic E-state index is 12.6. The second-order valence-electron chi connectivity index (χ2n) is 6.28. The summed E-state index contributed by atoms with van der Waals surface area (Å²) in [4.78, 5) is 14.6. The van der Waals surface area contributed by atoms with Crippen molar-refractivity contribution in [3.8, 4) is 6.07 Å². The van der Waals surface area contributed by atoms with Crippen molar-refractivity contribution in [2.75, 3.05) is 6.54 Å². The molecule has 104 valence electrons. The Morgan fingerprint density at radius 3 is 2.74 bits per heavy atom. The van der Waals surface area contributed by atoms with Crippen molar-refractivity contribution in [3.63, 3.8) is 0 Å². The highest BCUT2D eigenvalue weighted by molar-refractivity contribution is 5.83. The van der Waals surface area contributed by atoms with Crippen LogP contribution in [0.25, 0.3) is 0 Å². The minimum Gasteiger partial charge on any atom is -0.337 e. The van der Waals surface area contributed by atoms with E-state index in [0.717, 1.165) is 19.3 Å². The van der Waals surface area contributed by atoms with Crippen molar-refractivity contribution in [2.24, 2.45) is 5.92 Å². The van der Waals surface area contributed by atoms with Gasteiger partial charge in [-0.3, -0.25) is 4.79 Å². The number of nitrogens with one attached hydrogen (secondary N) is 1. The minimum absolute atomic E-state index is 0.0207. The fraction of sp³-hybridized carbons (Fsp3) is 0.867. The Morgan fingerprint density at radius 2 is 2.05 bits per heavy atom. The van der Waals surface area contributed by atoms with Gasteiger partial charge in [-0.2, -0.15) is 5.26 Å². The van der Waals surface area contributed by atoms with Gasteiger partial charge in [0, 0.05) is 18.6 Å². The maximum absolute atomic E-state index is 12.6. The van der Waals surface area contributed by atoms with Crippen molar-refractivity contribution >= 4 is 5.91 Å². The zero-order chi connectivity index (χ0) is 13.2. The van der Waals surface area contributed by atoms with Gasteiger partial charge in [-0.25, -0.2) is 0 Å². The van der Waals surface area contributed by atoms with Gasteiger partial charge in [0.1, 0.15) is 0 Å². The maximum Gasteiger partial charge on any atom is 0.240 e. The molecular formula is C15H23N3O. The predicted molar refractivity (Wildman–Crippen MR) is 72.3 cm³/mol. The van der Waals surface area contributed by atoms with Gasteiger partial charge in [0.05, 0.1) is 18.5 Å². The van der Waals surface area contributed by atoms with Crippen LogP contribution in [0.4, 0.5) is 0 Å². The number of carbonyl (C=O) groups excluding carboxylic acids is 1. The Morgan fingerprint density at radius 1 is 1.26 bits per heavy atom. The van der Waals surface area contributed by atoms with Crippen molar-refractivity contribution in [1.29, 1.82) is 5.26 Å². The first-order chi connectivity index (χ1) is 9.29. The van der Waals surface area contributed by atoms with Crippen LogP contribution in [0.3, 0.4) is 0 Å². The van der Waals surface area contributed by atoms with E-state index in [1.54, 1.807) is 0 Å². The molecule has 2 aliphatic carbocycles. The summed E-state index contributed by atoms with van der Waals surface area (Å²) in [6.07, 6.45) is 8.86. The zero-order valence-corrected chi connectivity index (χ0v) is 11.5. The van der Waals surface area contributed by atoms with E-state index in [1.807, 2.05) is 4.90 Å². The van der Waals surface area contributed by atoms with Crippen molar-refractivity contribution in [1.82, 2.24) is 10.2 Å². The SMILES string of the molecule is N#CCCN(C(=O)C1CC2CCCCC2N1)C1CC1. The first-order valence-corrected chi connectivity index (χ1v) is 7.73. The van der Waals surface area contributed by atoms with Crippen LogP contribution in [-0.4, -0.2) is 35.5 Å². The molecule has 19 heavy (non-hydrogen) atoms. The molecule has 1 heterocycles. The Hall–Kier alpha value is -1.08. The second kappa shape index (κ2) is 5.50. The summed E-state index contributed by atoms with van der Waals surface area (Å²) in [6, 6.07) is 3.17. The van der Waals surface area contributed by atoms with E-state index in [1.165, 1.54) is 25.7 Å². The number of hydrogen-bond donors (Lipinski definition) is 1. The summed E-state index contributed by atoms with van der Waals surface area (Å²) < 4.78 is 0. The van der Waals surface area contributed by atoms with Gasteiger partial charge in [0.2, 0.25) is 5.91 Å². The van der Waals surface area contributed by atoms with Gasteiger partial charge in [-0.05, 0) is 38.0 Å². The highest BCUT2D eigenvalue weighted by atomic mass is 16.2. The third-order valence-electron chi connectivity index (χ3n) is 4.90. The Labute approximate surface area is 115 Å². The summed E-state index contributed by atoms with van der Waals surface area (Å²) in [5.74, 6) is 0.965. The molecule has 0 aromatic heterocycles. The van der Waals surface area contributed by atoms with Gasteiger partial charge in [0.25, 0.3) is 0 Å². The number of carbonyl (C=O) groups is 1. The average molecular weight is 261 g/mol. The highest BCUT2D eigenvalue weighted by Gasteiger charge is 2.42. The van der Waals surface area contributed by atoms with Crippen LogP contribution in [0.15, 0.2) is 0 Å². The highest BCUT2D eigenvalue weighted by Crippen LogP contribution is 2.35. The third kappa shape index (κ3) is 2.76. The molecule has 3 rings (SSSR count). The molecule has 4 heteroatoms. The number of hydrogen-bond acceptors (Lipinski definition) is 3. The molecule has 3 unspecified atom stereocenters. The quantitative estimate of drug-likeness (QED) is 0.839. The number of amides is 1. The molecule has 0 radical (unpaired) electrons. The summed E-state index contributed by atoms with van der Waals surface area (Å²) in [5, 5.41) is 12.3. The first kappa shape index (κ1) is 12.9. The fourth-order valence-corrected chi connectivity index (χ4v) is 3.74. The van der Waals surface area contributed by atoms with E-state index in [2.05, 4.69) is 11.4 Å². The number of rotatable bonds is 4. The lowest BCUT2D eigenvalue weighted by atomic mass is 9.85. The number of fused-ring (bicyclic) bond motifs is 1. The lowest BCUT2D eigenvalue weighted by Crippen LogP contribution is -2.46. The Bertz CT molecular complexity index is 371. The molecule has 1 saturated heterocycles. The summed E-state index contributed by atoms with van der Waals surface area (Å²) in [5.41, 5.74) is 0. The molecule has 0 aromatic rings. The normalized spacial score (nSPS) is 33.5. The van der Waals surface area contributed by atoms with Crippen LogP contribution in [0, 0.1) is 17.2 Å². The zero-order valence-electron chi connectivity index (χ0n) is 11.5. The van der Waals surface area contributed by atoms with E-state index >= 15 is 0 Å². The van der Waals surface area contributed by atoms with Crippen LogP contribution >= 0.6 is 0 Å². The first-order valence-electron chi connectivity index (χ1n) is 7.73. The second-order valence-corrected chi connectivity index (χ2v) is 6.28. The molecule has 3 fully saturated rings. The summed E-state index contributed by atoms with van der Waals surface area (Å²) in [7, 11) is 0. The Balaban J connectivity index is 1.61. The van der Waals surface area contributed by atoms with Gasteiger partial charge in [-0.15, -0.1) is 0 Å². The monoisotopic (exact) mass is 261 g/mol. The smallest absolute Gasteiger partial charge is 0.240 e. The van der Waals surface area contributed by atoms with Gasteiger partial charge >= 0.3 is 0 Å². The summed E-state index contributed by atoms with van der Waals surface area (Å²) in [6.45, 7) is 0.619. The molecule has 1 aliphatic heterocycles. The predicted octanol–water partition coefficient (Wildman–Crippen LogP) is 1.81. The lowest BCUT2D eigenvalue weighted by molar-refractivity contribution is -0.133. The molecule has 0 spiro atoms. The standard InChI is InChI=1S/C15H23N3O/c16-8-3-9-18(12-6-7-12)15(19)14-10-11-4-1-2-5-13(11)17-14/h11-14,17H,1-7,9-10H2. The lowest BCUT2D eigenvalue weighted by Gasteiger charge is -2.25. The van der Waals surface area contributed by atoms with E-state index in [-0.39, 0.29) is 11.9 Å². The van der Waals surface area contributed by atoms with Crippen LogP contribution < -0.4 is 5.32 Å². The van der Waals surface area contributed by atoms with Gasteiger partial charge in [-0.1, -0.05) is 12.8 Å². The average Bonchev–Trinajstić information content (AvgIpc) is 3.17. The van der Waals surface area contributed by atoms with Crippen LogP contribution in [0.2, 0.25) is 0 Å². The number of nitrogens with zero attached hydrogens (tertiary/aromatic N) is 2. The molecule has 0 bridgehead atoms. The molecule has 3 atom stereocenters. The van der Waals surface area contributed by atoms with Crippen molar-refractivity contribution < 1.29 is 4.79 Å². The molecule has 1 amide bonds. The van der Waals surface area contributed by atoms with Crippen molar-refractivity contribution in [2.45, 2.75) is 69.5 Å². The molecule has 1 N–H and O–H groups in total.